The van der Waals surface area contributed by atoms with E-state index in [1.807, 2.05) is 6.92 Å². The smallest absolute Gasteiger partial charge is 0.276 e. The zero-order chi connectivity index (χ0) is 14.2. The molecule has 1 aliphatic heterocycles. The summed E-state index contributed by atoms with van der Waals surface area (Å²) in [6.07, 6.45) is 2.38. The van der Waals surface area contributed by atoms with Crippen molar-refractivity contribution in [3.8, 4) is 0 Å². The molecule has 7 heteroatoms. The van der Waals surface area contributed by atoms with E-state index in [0.717, 1.165) is 0 Å². The van der Waals surface area contributed by atoms with E-state index in [9.17, 15) is 8.42 Å². The fourth-order valence-electron chi connectivity index (χ4n) is 2.31. The van der Waals surface area contributed by atoms with Crippen LogP contribution in [0.1, 0.15) is 25.5 Å². The Morgan fingerprint density at radius 3 is 2.90 bits per heavy atom. The van der Waals surface area contributed by atoms with Crippen LogP contribution in [0.25, 0.3) is 0 Å². The van der Waals surface area contributed by atoms with Crippen LogP contribution >= 0.6 is 0 Å². The maximum atomic E-state index is 12.5. The van der Waals surface area contributed by atoms with Gasteiger partial charge in [-0.2, -0.15) is 4.31 Å². The Balaban J connectivity index is 1.72. The lowest BCUT2D eigenvalue weighted by molar-refractivity contribution is 0.0386. The van der Waals surface area contributed by atoms with Gasteiger partial charge in [0, 0.05) is 18.6 Å². The number of morpholine rings is 1. The van der Waals surface area contributed by atoms with Gasteiger partial charge in [-0.1, -0.05) is 0 Å². The largest absolute Gasteiger partial charge is 0.447 e. The standard InChI is InChI=1S/C13H20N2O4S/c1-10-9-18-7-6-15(10)20(16,17)13-5-4-12(19-13)8-14-11-2-3-11/h4-5,10-11,14H,2-3,6-9H2,1H3. The summed E-state index contributed by atoms with van der Waals surface area (Å²) < 4.78 is 37.3. The molecule has 1 aromatic heterocycles. The van der Waals surface area contributed by atoms with Crippen LogP contribution in [-0.2, 0) is 21.3 Å². The van der Waals surface area contributed by atoms with E-state index in [1.54, 1.807) is 12.1 Å². The van der Waals surface area contributed by atoms with Gasteiger partial charge in [-0.25, -0.2) is 8.42 Å². The van der Waals surface area contributed by atoms with Crippen molar-refractivity contribution in [2.75, 3.05) is 19.8 Å². The van der Waals surface area contributed by atoms with E-state index in [1.165, 1.54) is 17.1 Å². The van der Waals surface area contributed by atoms with E-state index >= 15 is 0 Å². The molecule has 2 fully saturated rings. The number of furan rings is 1. The van der Waals surface area contributed by atoms with Crippen molar-refractivity contribution in [3.63, 3.8) is 0 Å². The molecule has 112 valence electrons. The van der Waals surface area contributed by atoms with Crippen molar-refractivity contribution in [1.82, 2.24) is 9.62 Å². The lowest BCUT2D eigenvalue weighted by Crippen LogP contribution is -2.46. The molecule has 0 radical (unpaired) electrons. The van der Waals surface area contributed by atoms with Crippen molar-refractivity contribution >= 4 is 10.0 Å². The first-order valence-electron chi connectivity index (χ1n) is 6.99. The predicted octanol–water partition coefficient (Wildman–Crippen LogP) is 0.941. The van der Waals surface area contributed by atoms with E-state index < -0.39 is 10.0 Å². The minimum atomic E-state index is -3.55. The van der Waals surface area contributed by atoms with Crippen molar-refractivity contribution in [3.05, 3.63) is 17.9 Å². The van der Waals surface area contributed by atoms with Crippen LogP contribution in [0.5, 0.6) is 0 Å². The minimum absolute atomic E-state index is 0.0267. The quantitative estimate of drug-likeness (QED) is 0.876. The van der Waals surface area contributed by atoms with Gasteiger partial charge in [-0.15, -0.1) is 0 Å². The van der Waals surface area contributed by atoms with Gasteiger partial charge in [-0.05, 0) is 31.9 Å². The number of ether oxygens (including phenoxy) is 1. The van der Waals surface area contributed by atoms with Gasteiger partial charge in [0.05, 0.1) is 19.8 Å². The molecule has 1 aromatic rings. The number of sulfonamides is 1. The molecule has 2 aliphatic rings. The molecule has 1 saturated heterocycles. The van der Waals surface area contributed by atoms with Crippen LogP contribution in [0.3, 0.4) is 0 Å². The number of hydrogen-bond acceptors (Lipinski definition) is 5. The Bertz CT molecular complexity index is 565. The lowest BCUT2D eigenvalue weighted by atomic mass is 10.3. The molecule has 0 amide bonds. The fourth-order valence-corrected chi connectivity index (χ4v) is 3.84. The highest BCUT2D eigenvalue weighted by molar-refractivity contribution is 7.89. The Labute approximate surface area is 119 Å². The number of nitrogens with one attached hydrogen (secondary N) is 1. The third-order valence-electron chi connectivity index (χ3n) is 3.65. The monoisotopic (exact) mass is 300 g/mol. The Morgan fingerprint density at radius 1 is 1.40 bits per heavy atom. The van der Waals surface area contributed by atoms with E-state index in [-0.39, 0.29) is 11.1 Å². The third-order valence-corrected chi connectivity index (χ3v) is 5.54. The van der Waals surface area contributed by atoms with Gasteiger partial charge in [0.1, 0.15) is 5.76 Å². The van der Waals surface area contributed by atoms with Crippen LogP contribution < -0.4 is 5.32 Å². The van der Waals surface area contributed by atoms with Gasteiger partial charge in [0.25, 0.3) is 10.0 Å². The van der Waals surface area contributed by atoms with Crippen molar-refractivity contribution < 1.29 is 17.6 Å². The maximum Gasteiger partial charge on any atom is 0.276 e. The summed E-state index contributed by atoms with van der Waals surface area (Å²) in [5.41, 5.74) is 0. The third kappa shape index (κ3) is 2.90. The molecular formula is C13H20N2O4S. The van der Waals surface area contributed by atoms with Crippen molar-refractivity contribution in [2.45, 2.75) is 43.5 Å². The molecular weight excluding hydrogens is 280 g/mol. The van der Waals surface area contributed by atoms with Crippen LogP contribution in [0.4, 0.5) is 0 Å². The Kier molecular flexibility index (Phi) is 3.85. The average Bonchev–Trinajstić information content (AvgIpc) is 3.13. The van der Waals surface area contributed by atoms with Gasteiger partial charge >= 0.3 is 0 Å². The van der Waals surface area contributed by atoms with Crippen LogP contribution in [-0.4, -0.2) is 44.6 Å². The minimum Gasteiger partial charge on any atom is -0.447 e. The second-order valence-electron chi connectivity index (χ2n) is 5.42. The first-order chi connectivity index (χ1) is 9.57. The fraction of sp³-hybridized carbons (Fsp3) is 0.692. The zero-order valence-corrected chi connectivity index (χ0v) is 12.4. The summed E-state index contributed by atoms with van der Waals surface area (Å²) in [5.74, 6) is 0.663. The van der Waals surface area contributed by atoms with Crippen LogP contribution in [0, 0.1) is 0 Å². The average molecular weight is 300 g/mol. The lowest BCUT2D eigenvalue weighted by Gasteiger charge is -2.31. The summed E-state index contributed by atoms with van der Waals surface area (Å²) in [4.78, 5) is 0. The highest BCUT2D eigenvalue weighted by atomic mass is 32.2. The second-order valence-corrected chi connectivity index (χ2v) is 7.24. The summed E-state index contributed by atoms with van der Waals surface area (Å²) in [6.45, 7) is 3.66. The Hall–Kier alpha value is -0.890. The topological polar surface area (TPSA) is 71.8 Å². The molecule has 0 spiro atoms. The highest BCUT2D eigenvalue weighted by Crippen LogP contribution is 2.24. The summed E-state index contributed by atoms with van der Waals surface area (Å²) in [5, 5.41) is 3.33. The van der Waals surface area contributed by atoms with Gasteiger partial charge in [-0.3, -0.25) is 0 Å². The highest BCUT2D eigenvalue weighted by Gasteiger charge is 2.33. The first kappa shape index (κ1) is 14.1. The van der Waals surface area contributed by atoms with Gasteiger partial charge < -0.3 is 14.5 Å². The van der Waals surface area contributed by atoms with Crippen molar-refractivity contribution in [2.24, 2.45) is 0 Å². The maximum absolute atomic E-state index is 12.5. The molecule has 0 aromatic carbocycles. The summed E-state index contributed by atoms with van der Waals surface area (Å²) >= 11 is 0. The molecule has 2 heterocycles. The number of rotatable bonds is 5. The SMILES string of the molecule is CC1COCCN1S(=O)(=O)c1ccc(CNC2CC2)o1. The zero-order valence-electron chi connectivity index (χ0n) is 11.5. The Morgan fingerprint density at radius 2 is 2.20 bits per heavy atom. The van der Waals surface area contributed by atoms with Crippen molar-refractivity contribution in [1.29, 1.82) is 0 Å². The first-order valence-corrected chi connectivity index (χ1v) is 8.43. The summed E-state index contributed by atoms with van der Waals surface area (Å²) in [6, 6.07) is 3.68. The number of hydrogen-bond donors (Lipinski definition) is 1. The van der Waals surface area contributed by atoms with Crippen LogP contribution in [0.2, 0.25) is 0 Å². The predicted molar refractivity (Wildman–Crippen MR) is 72.7 cm³/mol. The molecule has 0 bridgehead atoms. The molecule has 1 N–H and O–H groups in total. The molecule has 6 nitrogen and oxygen atoms in total. The molecule has 20 heavy (non-hydrogen) atoms. The van der Waals surface area contributed by atoms with Crippen LogP contribution in [0.15, 0.2) is 21.6 Å². The summed E-state index contributed by atoms with van der Waals surface area (Å²) in [7, 11) is -3.55. The van der Waals surface area contributed by atoms with Gasteiger partial charge in [0.2, 0.25) is 5.09 Å². The normalized spacial score (nSPS) is 24.9. The van der Waals surface area contributed by atoms with Gasteiger partial charge in [0.15, 0.2) is 0 Å². The molecule has 1 atom stereocenters. The molecule has 1 unspecified atom stereocenters. The molecule has 1 saturated carbocycles. The van der Waals surface area contributed by atoms with E-state index in [4.69, 9.17) is 9.15 Å². The molecule has 3 rings (SSSR count). The number of nitrogens with zero attached hydrogens (tertiary/aromatic N) is 1. The second kappa shape index (κ2) is 5.48. The van der Waals surface area contributed by atoms with E-state index in [2.05, 4.69) is 5.32 Å². The van der Waals surface area contributed by atoms with E-state index in [0.29, 0.717) is 38.1 Å². The molecule has 1 aliphatic carbocycles.